The number of alkyl halides is 11. The number of halogens is 13. The van der Waals surface area contributed by atoms with Gasteiger partial charge in [0.15, 0.2) is 5.82 Å². The Morgan fingerprint density at radius 1 is 0.528 bits per heavy atom. The highest BCUT2D eigenvalue weighted by atomic mass is 31.2. The van der Waals surface area contributed by atoms with Crippen molar-refractivity contribution < 1.29 is 57.1 Å². The molecule has 15 heteroatoms. The van der Waals surface area contributed by atoms with Gasteiger partial charge in [0.25, 0.3) is 0 Å². The van der Waals surface area contributed by atoms with Crippen molar-refractivity contribution in [2.45, 2.75) is 199 Å². The average Bonchev–Trinajstić information content (AvgIpc) is 3.06. The Balaban J connectivity index is 0.00000133. The number of rotatable bonds is 25. The summed E-state index contributed by atoms with van der Waals surface area (Å²) in [6.07, 6.45) is 0.0758. The molecule has 0 aliphatic carbocycles. The van der Waals surface area contributed by atoms with Crippen LogP contribution in [0.25, 0.3) is 0 Å². The zero-order valence-electron chi connectivity index (χ0n) is 32.5. The summed E-state index contributed by atoms with van der Waals surface area (Å²) >= 11 is 0. The summed E-state index contributed by atoms with van der Waals surface area (Å²) in [5, 5.41) is -1.91. The molecule has 53 heavy (non-hydrogen) atoms. The minimum absolute atomic E-state index is 0.00722. The van der Waals surface area contributed by atoms with E-state index in [2.05, 4.69) is 27.7 Å². The highest BCUT2D eigenvalue weighted by molar-refractivity contribution is 7.85. The highest BCUT2D eigenvalue weighted by Gasteiger charge is 2.89. The van der Waals surface area contributed by atoms with E-state index in [1.54, 1.807) is 25.3 Å². The van der Waals surface area contributed by atoms with Crippen LogP contribution in [0, 0.1) is 11.6 Å². The van der Waals surface area contributed by atoms with Crippen LogP contribution < -0.4 is 5.30 Å². The standard InChI is InChI=1S/C22H27F13P.C16H36B/c1-3-4-13-36(22(34,35)20(29,30)31,17-14-15(23)9-10-16(17)24)21(32,33)18(2,25)11-7-5-6-8-12-19(26,27)28;1-5-9-13-17(14-10-6-2,15-11-7-3)16-12-8-4/h9-10,14H,3-8,11-13H2,1-2H3;5-16H2,1-4H3/q+1;-1. The fourth-order valence-corrected chi connectivity index (χ4v) is 12.0. The maximum Gasteiger partial charge on any atom is 0.494 e. The van der Waals surface area contributed by atoms with Crippen molar-refractivity contribution in [3.8, 4) is 0 Å². The van der Waals surface area contributed by atoms with Crippen LogP contribution in [0.4, 0.5) is 57.1 Å². The van der Waals surface area contributed by atoms with Crippen molar-refractivity contribution in [2.75, 3.05) is 6.16 Å². The molecular weight excluding hydrogens is 745 g/mol. The molecule has 1 aromatic rings. The van der Waals surface area contributed by atoms with Gasteiger partial charge >= 0.3 is 23.7 Å². The zero-order valence-corrected chi connectivity index (χ0v) is 33.4. The minimum Gasteiger partial charge on any atom is -0.233 e. The second kappa shape index (κ2) is 23.1. The Bertz CT molecular complexity index is 1100. The maximum atomic E-state index is 15.9. The van der Waals surface area contributed by atoms with E-state index in [1.807, 2.05) is 0 Å². The molecule has 1 aromatic carbocycles. The smallest absolute Gasteiger partial charge is 0.233 e. The molecule has 0 spiro atoms. The molecule has 0 heterocycles. The second-order valence-electron chi connectivity index (χ2n) is 15.1. The average molecular weight is 809 g/mol. The molecule has 0 aromatic heterocycles. The van der Waals surface area contributed by atoms with Crippen LogP contribution >= 0.6 is 7.26 Å². The SMILES string of the molecule is CCCC[B-](CCCC)(CCCC)CCCC.CCCC[P+](c1cc(F)ccc1F)(C(F)(F)C(F)(F)F)C(F)(F)C(C)(F)CCCCCCC(F)(F)F. The van der Waals surface area contributed by atoms with Gasteiger partial charge in [-0.2, -0.15) is 69.2 Å². The summed E-state index contributed by atoms with van der Waals surface area (Å²) in [6, 6.07) is 0.302. The van der Waals surface area contributed by atoms with E-state index in [-0.39, 0.29) is 44.5 Å². The number of hydrogen-bond donors (Lipinski definition) is 0. The van der Waals surface area contributed by atoms with Gasteiger partial charge < -0.3 is 0 Å². The van der Waals surface area contributed by atoms with Crippen molar-refractivity contribution in [1.82, 2.24) is 0 Å². The van der Waals surface area contributed by atoms with Crippen molar-refractivity contribution in [3.63, 3.8) is 0 Å². The van der Waals surface area contributed by atoms with Crippen LogP contribution in [0.3, 0.4) is 0 Å². The molecule has 2 atom stereocenters. The normalized spacial score (nSPS) is 15.5. The fourth-order valence-electron chi connectivity index (χ4n) is 7.37. The highest BCUT2D eigenvalue weighted by Crippen LogP contribution is 2.84. The van der Waals surface area contributed by atoms with Gasteiger partial charge in [0.2, 0.25) is 12.9 Å². The van der Waals surface area contributed by atoms with Gasteiger partial charge in [-0.3, -0.25) is 0 Å². The predicted octanol–water partition coefficient (Wildman–Crippen LogP) is 16.4. The van der Waals surface area contributed by atoms with Crippen LogP contribution in [0.15, 0.2) is 18.2 Å². The number of benzene rings is 1. The van der Waals surface area contributed by atoms with Crippen molar-refractivity contribution in [2.24, 2.45) is 0 Å². The van der Waals surface area contributed by atoms with Gasteiger partial charge in [-0.05, 0) is 44.7 Å². The molecule has 0 nitrogen and oxygen atoms in total. The summed E-state index contributed by atoms with van der Waals surface area (Å²) in [7, 11) is -6.59. The van der Waals surface area contributed by atoms with E-state index < -0.39 is 91.8 Å². The topological polar surface area (TPSA) is 0 Å². The van der Waals surface area contributed by atoms with Crippen LogP contribution in [0.1, 0.15) is 144 Å². The van der Waals surface area contributed by atoms with Crippen LogP contribution in [0.2, 0.25) is 25.3 Å². The Morgan fingerprint density at radius 3 is 1.32 bits per heavy atom. The number of unbranched alkanes of at least 4 members (excludes halogenated alkanes) is 8. The van der Waals surface area contributed by atoms with Crippen molar-refractivity contribution in [3.05, 3.63) is 29.8 Å². The van der Waals surface area contributed by atoms with E-state index >= 15 is 22.0 Å². The monoisotopic (exact) mass is 808 g/mol. The van der Waals surface area contributed by atoms with E-state index in [4.69, 9.17) is 0 Å². The van der Waals surface area contributed by atoms with Gasteiger partial charge in [0.1, 0.15) is 11.1 Å². The Labute approximate surface area is 310 Å². The lowest BCUT2D eigenvalue weighted by atomic mass is 9.17. The van der Waals surface area contributed by atoms with Gasteiger partial charge in [0.05, 0.1) is 6.16 Å². The van der Waals surface area contributed by atoms with Crippen molar-refractivity contribution >= 4 is 18.7 Å². The van der Waals surface area contributed by atoms with E-state index in [9.17, 15) is 35.1 Å². The first-order valence-corrected chi connectivity index (χ1v) is 21.5. The minimum atomic E-state index is -6.65. The second-order valence-corrected chi connectivity index (χ2v) is 18.8. The lowest BCUT2D eigenvalue weighted by Gasteiger charge is -2.43. The lowest BCUT2D eigenvalue weighted by molar-refractivity contribution is -0.245. The fraction of sp³-hybridized carbons (Fsp3) is 0.842. The molecule has 0 amide bonds. The Kier molecular flexibility index (Phi) is 22.6. The molecule has 0 N–H and O–H groups in total. The Hall–Kier alpha value is -1.20. The Morgan fingerprint density at radius 2 is 0.943 bits per heavy atom. The number of hydrogen-bond acceptors (Lipinski definition) is 0. The first-order chi connectivity index (χ1) is 24.4. The zero-order chi connectivity index (χ0) is 41.2. The summed E-state index contributed by atoms with van der Waals surface area (Å²) in [5.74, 6) is -3.52. The largest absolute Gasteiger partial charge is 0.494 e. The van der Waals surface area contributed by atoms with Crippen molar-refractivity contribution in [1.29, 1.82) is 0 Å². The quantitative estimate of drug-likeness (QED) is 0.0400. The first-order valence-electron chi connectivity index (χ1n) is 19.6. The molecule has 1 rings (SSSR count). The molecule has 0 saturated heterocycles. The lowest BCUT2D eigenvalue weighted by Crippen LogP contribution is -2.57. The molecule has 0 fully saturated rings. The van der Waals surface area contributed by atoms with Gasteiger partial charge in [-0.1, -0.05) is 105 Å². The summed E-state index contributed by atoms with van der Waals surface area (Å²) in [4.78, 5) is 0. The molecule has 2 unspecified atom stereocenters. The van der Waals surface area contributed by atoms with Gasteiger partial charge in [-0.25, -0.2) is 13.2 Å². The van der Waals surface area contributed by atoms with E-state index in [0.717, 1.165) is 0 Å². The molecule has 0 bridgehead atoms. The maximum absolute atomic E-state index is 15.9. The molecule has 0 radical (unpaired) electrons. The predicted molar refractivity (Wildman–Crippen MR) is 197 cm³/mol. The van der Waals surface area contributed by atoms with Crippen LogP contribution in [0.5, 0.6) is 0 Å². The first kappa shape index (κ1) is 51.8. The van der Waals surface area contributed by atoms with Gasteiger partial charge in [0, 0.05) is 18.6 Å². The van der Waals surface area contributed by atoms with Crippen LogP contribution in [-0.2, 0) is 0 Å². The third-order valence-corrected chi connectivity index (χ3v) is 15.4. The third kappa shape index (κ3) is 15.0. The molecule has 314 valence electrons. The van der Waals surface area contributed by atoms with E-state index in [1.165, 1.54) is 58.3 Å². The molecule has 0 aliphatic heterocycles. The van der Waals surface area contributed by atoms with Crippen LogP contribution in [-0.4, -0.2) is 41.7 Å². The third-order valence-electron chi connectivity index (χ3n) is 10.6. The summed E-state index contributed by atoms with van der Waals surface area (Å²) < 4.78 is 183. The van der Waals surface area contributed by atoms with E-state index in [0.29, 0.717) is 6.07 Å². The summed E-state index contributed by atoms with van der Waals surface area (Å²) in [6.45, 7) is 10.8. The van der Waals surface area contributed by atoms with Gasteiger partial charge in [-0.15, -0.1) is 0 Å². The summed E-state index contributed by atoms with van der Waals surface area (Å²) in [5.41, 5.74) is -15.8. The molecule has 0 saturated carbocycles. The molecule has 0 aliphatic rings. The molecular formula is C38H63BF13P.